The maximum Gasteiger partial charge on any atom is 0.251 e. The average molecular weight is 257 g/mol. The van der Waals surface area contributed by atoms with Crippen LogP contribution in [0.25, 0.3) is 0 Å². The summed E-state index contributed by atoms with van der Waals surface area (Å²) in [6.07, 6.45) is 0. The normalized spacial score (nSPS) is 12.8. The summed E-state index contributed by atoms with van der Waals surface area (Å²) in [4.78, 5) is 11.9. The summed E-state index contributed by atoms with van der Waals surface area (Å²) in [6.45, 7) is 1.30. The molecule has 6 heteroatoms. The Morgan fingerprint density at radius 3 is 2.12 bits per heavy atom. The minimum Gasteiger partial charge on any atom is -0.496 e. The number of aliphatic hydroxyl groups is 1. The molecule has 0 amide bonds. The second-order valence-electron chi connectivity index (χ2n) is 3.30. The van der Waals surface area contributed by atoms with Crippen molar-refractivity contribution in [2.75, 3.05) is 14.2 Å². The predicted octanol–water partition coefficient (Wildman–Crippen LogP) is 2.01. The highest BCUT2D eigenvalue weighted by Crippen LogP contribution is 2.39. The molecule has 0 saturated heterocycles. The lowest BCUT2D eigenvalue weighted by Gasteiger charge is -2.12. The average Bonchev–Trinajstić information content (AvgIpc) is 2.35. The highest BCUT2D eigenvalue weighted by Gasteiger charge is 2.26. The molecule has 0 heterocycles. The van der Waals surface area contributed by atoms with E-state index in [0.29, 0.717) is 0 Å². The van der Waals surface area contributed by atoms with E-state index in [-0.39, 0.29) is 17.1 Å². The third-order valence-electron chi connectivity index (χ3n) is 2.18. The quantitative estimate of drug-likeness (QED) is 0.817. The van der Waals surface area contributed by atoms with E-state index in [9.17, 15) is 14.5 Å². The zero-order valence-electron chi connectivity index (χ0n) is 9.84. The molecule has 0 aliphatic rings. The fraction of sp³-hybridized carbons (Fsp3) is 0.364. The first-order chi connectivity index (χ1) is 8.02. The van der Waals surface area contributed by atoms with E-state index < -0.39 is 19.2 Å². The summed E-state index contributed by atoms with van der Waals surface area (Å²) < 4.78 is 21.7. The van der Waals surface area contributed by atoms with Crippen LogP contribution in [-0.2, 0) is 4.57 Å². The zero-order chi connectivity index (χ0) is 13.0. The third-order valence-corrected chi connectivity index (χ3v) is 3.48. The van der Waals surface area contributed by atoms with E-state index >= 15 is 0 Å². The highest BCUT2D eigenvalue weighted by molar-refractivity contribution is 7.65. The van der Waals surface area contributed by atoms with Crippen LogP contribution in [0, 0.1) is 0 Å². The molecule has 0 fully saturated rings. The first-order valence-electron chi connectivity index (χ1n) is 4.92. The van der Waals surface area contributed by atoms with Crippen LogP contribution in [0.4, 0.5) is 0 Å². The number of ether oxygens (including phenoxy) is 2. The van der Waals surface area contributed by atoms with Crippen molar-refractivity contribution in [1.29, 1.82) is 0 Å². The zero-order valence-corrected chi connectivity index (χ0v) is 10.7. The minimum atomic E-state index is -2.41. The Hall–Kier alpha value is -1.45. The van der Waals surface area contributed by atoms with E-state index in [1.807, 2.05) is 0 Å². The molecule has 17 heavy (non-hydrogen) atoms. The minimum absolute atomic E-state index is 0.0968. The van der Waals surface area contributed by atoms with Crippen molar-refractivity contribution < 1.29 is 23.9 Å². The molecule has 1 rings (SSSR count). The maximum atomic E-state index is 11.9. The molecular formula is C11H14O5P. The Morgan fingerprint density at radius 2 is 1.76 bits per heavy atom. The van der Waals surface area contributed by atoms with Gasteiger partial charge in [-0.15, -0.1) is 0 Å². The summed E-state index contributed by atoms with van der Waals surface area (Å²) >= 11 is 0. The van der Waals surface area contributed by atoms with Gasteiger partial charge in [0.2, 0.25) is 0 Å². The lowest BCUT2D eigenvalue weighted by molar-refractivity contribution is 0.106. The fourth-order valence-electron chi connectivity index (χ4n) is 1.34. The predicted molar refractivity (Wildman–Crippen MR) is 63.2 cm³/mol. The summed E-state index contributed by atoms with van der Waals surface area (Å²) in [5.74, 6) is -0.649. The Kier molecular flexibility index (Phi) is 4.61. The smallest absolute Gasteiger partial charge is 0.251 e. The second kappa shape index (κ2) is 5.75. The lowest BCUT2D eigenvalue weighted by Crippen LogP contribution is -2.06. The number of carbonyl (C=O) groups is 1. The summed E-state index contributed by atoms with van der Waals surface area (Å²) in [5, 5.41) is 9.19. The van der Waals surface area contributed by atoms with Crippen LogP contribution in [0.2, 0.25) is 0 Å². The van der Waals surface area contributed by atoms with Gasteiger partial charge in [0.25, 0.3) is 5.52 Å². The van der Waals surface area contributed by atoms with Crippen LogP contribution in [0.1, 0.15) is 17.3 Å². The number of carbonyl (C=O) groups excluding carboxylic acids is 1. The second-order valence-corrected chi connectivity index (χ2v) is 5.11. The number of aliphatic hydroxyl groups excluding tert-OH is 1. The Balaban J connectivity index is 3.28. The summed E-state index contributed by atoms with van der Waals surface area (Å²) in [6, 6.07) is 4.80. The van der Waals surface area contributed by atoms with Crippen LogP contribution in [0.15, 0.2) is 18.2 Å². The number of rotatable bonds is 5. The molecule has 93 valence electrons. The van der Waals surface area contributed by atoms with Gasteiger partial charge in [0.15, 0.2) is 7.80 Å². The van der Waals surface area contributed by atoms with Gasteiger partial charge in [-0.1, -0.05) is 6.07 Å². The summed E-state index contributed by atoms with van der Waals surface area (Å²) in [7, 11) is 0.393. The van der Waals surface area contributed by atoms with Crippen molar-refractivity contribution in [3.63, 3.8) is 0 Å². The molecule has 0 aliphatic heterocycles. The largest absolute Gasteiger partial charge is 0.496 e. The molecule has 0 saturated carbocycles. The van der Waals surface area contributed by atoms with Crippen LogP contribution in [-0.4, -0.2) is 30.7 Å². The van der Waals surface area contributed by atoms with E-state index in [2.05, 4.69) is 0 Å². The van der Waals surface area contributed by atoms with Gasteiger partial charge in [0.1, 0.15) is 22.9 Å². The van der Waals surface area contributed by atoms with Crippen molar-refractivity contribution >= 4 is 13.3 Å². The van der Waals surface area contributed by atoms with Crippen molar-refractivity contribution in [2.24, 2.45) is 0 Å². The standard InChI is InChI=1S/C11H14O5P/c1-7(12)17(14)11(13)10-8(15-2)5-4-6-9(10)16-3/h4-7,12H,1-3H3. The molecule has 1 aromatic rings. The first kappa shape index (κ1) is 13.6. The molecule has 1 aromatic carbocycles. The first-order valence-corrected chi connectivity index (χ1v) is 6.25. The molecule has 0 bridgehead atoms. The van der Waals surface area contributed by atoms with Gasteiger partial charge >= 0.3 is 0 Å². The van der Waals surface area contributed by atoms with Crippen LogP contribution in [0.5, 0.6) is 11.5 Å². The van der Waals surface area contributed by atoms with E-state index in [1.54, 1.807) is 18.2 Å². The molecule has 2 atom stereocenters. The molecule has 0 spiro atoms. The maximum absolute atomic E-state index is 11.9. The van der Waals surface area contributed by atoms with Crippen LogP contribution < -0.4 is 9.47 Å². The Labute approximate surface area is 100 Å². The van der Waals surface area contributed by atoms with Gasteiger partial charge in [-0.2, -0.15) is 0 Å². The highest BCUT2D eigenvalue weighted by atomic mass is 31.1. The number of methoxy groups -OCH3 is 2. The van der Waals surface area contributed by atoms with Gasteiger partial charge in [-0.05, 0) is 19.1 Å². The number of hydrogen-bond acceptors (Lipinski definition) is 5. The lowest BCUT2D eigenvalue weighted by atomic mass is 10.2. The Morgan fingerprint density at radius 1 is 1.29 bits per heavy atom. The van der Waals surface area contributed by atoms with Crippen LogP contribution in [0.3, 0.4) is 0 Å². The molecular weight excluding hydrogens is 243 g/mol. The molecule has 2 unspecified atom stereocenters. The fourth-order valence-corrected chi connectivity index (χ4v) is 2.12. The third kappa shape index (κ3) is 2.81. The van der Waals surface area contributed by atoms with Gasteiger partial charge < -0.3 is 14.6 Å². The molecule has 5 nitrogen and oxygen atoms in total. The Bertz CT molecular complexity index is 419. The monoisotopic (exact) mass is 257 g/mol. The van der Waals surface area contributed by atoms with Crippen LogP contribution >= 0.6 is 7.80 Å². The van der Waals surface area contributed by atoms with Gasteiger partial charge in [0.05, 0.1) is 14.2 Å². The van der Waals surface area contributed by atoms with E-state index in [1.165, 1.54) is 21.1 Å². The van der Waals surface area contributed by atoms with Crippen molar-refractivity contribution in [3.05, 3.63) is 23.8 Å². The molecule has 1 N–H and O–H groups in total. The topological polar surface area (TPSA) is 72.8 Å². The van der Waals surface area contributed by atoms with Crippen molar-refractivity contribution in [1.82, 2.24) is 0 Å². The number of benzene rings is 1. The van der Waals surface area contributed by atoms with Gasteiger partial charge in [-0.25, -0.2) is 0 Å². The van der Waals surface area contributed by atoms with E-state index in [4.69, 9.17) is 9.47 Å². The summed E-state index contributed by atoms with van der Waals surface area (Å²) in [5.41, 5.74) is -0.580. The van der Waals surface area contributed by atoms with Crippen molar-refractivity contribution in [2.45, 2.75) is 12.8 Å². The van der Waals surface area contributed by atoms with Crippen molar-refractivity contribution in [3.8, 4) is 11.5 Å². The molecule has 0 aliphatic carbocycles. The van der Waals surface area contributed by atoms with E-state index in [0.717, 1.165) is 0 Å². The SMILES string of the molecule is COc1cccc(OC)c1C(=O)[P](=O)C(C)O. The van der Waals surface area contributed by atoms with Gasteiger partial charge in [0, 0.05) is 0 Å². The number of hydrogen-bond donors (Lipinski definition) is 1. The molecule has 0 aromatic heterocycles. The van der Waals surface area contributed by atoms with Gasteiger partial charge in [-0.3, -0.25) is 9.36 Å². The molecule has 1 radical (unpaired) electrons.